The number of aromatic amines is 1. The summed E-state index contributed by atoms with van der Waals surface area (Å²) < 4.78 is 7.71. The van der Waals surface area contributed by atoms with Crippen LogP contribution >= 0.6 is 23.8 Å². The van der Waals surface area contributed by atoms with E-state index in [2.05, 4.69) is 32.0 Å². The summed E-state index contributed by atoms with van der Waals surface area (Å²) in [5.41, 5.74) is 2.20. The number of hydrogen-bond acceptors (Lipinski definition) is 5. The fraction of sp³-hybridized carbons (Fsp3) is 0.300. The second-order valence-corrected chi connectivity index (χ2v) is 7.54. The average molecular weight is 416 g/mol. The molecular weight excluding hydrogens is 394 g/mol. The van der Waals surface area contributed by atoms with Crippen LogP contribution < -0.4 is 9.64 Å². The van der Waals surface area contributed by atoms with Gasteiger partial charge in [0.1, 0.15) is 5.75 Å². The molecule has 2 heterocycles. The van der Waals surface area contributed by atoms with Gasteiger partial charge in [0.05, 0.1) is 13.8 Å². The highest BCUT2D eigenvalue weighted by Crippen LogP contribution is 2.21. The summed E-state index contributed by atoms with van der Waals surface area (Å²) in [7, 11) is 1.69. The first-order valence-electron chi connectivity index (χ1n) is 9.16. The van der Waals surface area contributed by atoms with Gasteiger partial charge < -0.3 is 9.64 Å². The monoisotopic (exact) mass is 415 g/mol. The zero-order valence-electron chi connectivity index (χ0n) is 15.6. The van der Waals surface area contributed by atoms with Gasteiger partial charge in [-0.05, 0) is 60.7 Å². The Hall–Kier alpha value is -2.35. The molecule has 4 rings (SSSR count). The lowest BCUT2D eigenvalue weighted by atomic mass is 10.2. The third-order valence-corrected chi connectivity index (χ3v) is 5.51. The van der Waals surface area contributed by atoms with Gasteiger partial charge in [-0.3, -0.25) is 10.00 Å². The highest BCUT2D eigenvalue weighted by molar-refractivity contribution is 7.71. The van der Waals surface area contributed by atoms with E-state index in [0.717, 1.165) is 43.3 Å². The van der Waals surface area contributed by atoms with Crippen LogP contribution in [0.1, 0.15) is 0 Å². The number of nitrogens with one attached hydrogen (secondary N) is 1. The normalized spacial score (nSPS) is 15.0. The Morgan fingerprint density at radius 1 is 1.04 bits per heavy atom. The van der Waals surface area contributed by atoms with E-state index in [1.807, 2.05) is 41.1 Å². The van der Waals surface area contributed by atoms with Crippen LogP contribution in [0.4, 0.5) is 5.69 Å². The minimum atomic E-state index is 0.558. The molecular formula is C20H22ClN5OS. The van der Waals surface area contributed by atoms with E-state index in [9.17, 15) is 0 Å². The lowest BCUT2D eigenvalue weighted by molar-refractivity contribution is 0.194. The van der Waals surface area contributed by atoms with Crippen molar-refractivity contribution in [2.24, 2.45) is 0 Å². The molecule has 1 saturated heterocycles. The van der Waals surface area contributed by atoms with Gasteiger partial charge in [0.2, 0.25) is 4.77 Å². The number of ether oxygens (including phenoxy) is 1. The SMILES string of the molecule is COc1ccc(N2CCN(Cn3[nH]c(-c4ccc(Cl)cc4)nc3=S)CC2)cc1. The third-order valence-electron chi connectivity index (χ3n) is 4.95. The summed E-state index contributed by atoms with van der Waals surface area (Å²) in [5.74, 6) is 1.64. The summed E-state index contributed by atoms with van der Waals surface area (Å²) in [6.45, 7) is 4.57. The Morgan fingerprint density at radius 3 is 2.36 bits per heavy atom. The van der Waals surface area contributed by atoms with Crippen molar-refractivity contribution in [2.75, 3.05) is 38.2 Å². The summed E-state index contributed by atoms with van der Waals surface area (Å²) in [6.07, 6.45) is 0. The van der Waals surface area contributed by atoms with Gasteiger partial charge in [-0.1, -0.05) is 11.6 Å². The number of hydrogen-bond donors (Lipinski definition) is 1. The molecule has 0 radical (unpaired) electrons. The maximum atomic E-state index is 5.96. The number of halogens is 1. The second kappa shape index (κ2) is 8.34. The molecule has 1 aliphatic rings. The number of benzene rings is 2. The molecule has 0 bridgehead atoms. The van der Waals surface area contributed by atoms with E-state index in [-0.39, 0.29) is 0 Å². The van der Waals surface area contributed by atoms with Crippen LogP contribution in [0.5, 0.6) is 5.75 Å². The number of aromatic nitrogens is 3. The highest BCUT2D eigenvalue weighted by atomic mass is 35.5. The van der Waals surface area contributed by atoms with Crippen LogP contribution in [0.15, 0.2) is 48.5 Å². The van der Waals surface area contributed by atoms with Crippen molar-refractivity contribution in [3.05, 3.63) is 58.3 Å². The zero-order chi connectivity index (χ0) is 19.5. The number of methoxy groups -OCH3 is 1. The fourth-order valence-corrected chi connectivity index (χ4v) is 3.65. The minimum Gasteiger partial charge on any atom is -0.497 e. The molecule has 0 amide bonds. The van der Waals surface area contributed by atoms with Crippen molar-refractivity contribution in [1.82, 2.24) is 19.7 Å². The Kier molecular flexibility index (Phi) is 5.66. The molecule has 8 heteroatoms. The predicted octanol–water partition coefficient (Wildman–Crippen LogP) is 4.05. The van der Waals surface area contributed by atoms with Crippen LogP contribution in [0.3, 0.4) is 0 Å². The molecule has 3 aromatic rings. The van der Waals surface area contributed by atoms with Crippen molar-refractivity contribution >= 4 is 29.5 Å². The highest BCUT2D eigenvalue weighted by Gasteiger charge is 2.18. The molecule has 0 unspecified atom stereocenters. The maximum Gasteiger partial charge on any atom is 0.217 e. The third kappa shape index (κ3) is 4.22. The van der Waals surface area contributed by atoms with Gasteiger partial charge >= 0.3 is 0 Å². The van der Waals surface area contributed by atoms with Gasteiger partial charge in [0.25, 0.3) is 0 Å². The van der Waals surface area contributed by atoms with Crippen molar-refractivity contribution < 1.29 is 4.74 Å². The van der Waals surface area contributed by atoms with Gasteiger partial charge in [0, 0.05) is 42.5 Å². The zero-order valence-corrected chi connectivity index (χ0v) is 17.2. The lowest BCUT2D eigenvalue weighted by Gasteiger charge is -2.36. The summed E-state index contributed by atoms with van der Waals surface area (Å²) in [6, 6.07) is 15.8. The Balaban J connectivity index is 1.38. The molecule has 0 spiro atoms. The van der Waals surface area contributed by atoms with Gasteiger partial charge in [-0.15, -0.1) is 0 Å². The Morgan fingerprint density at radius 2 is 1.71 bits per heavy atom. The van der Waals surface area contributed by atoms with E-state index in [4.69, 9.17) is 28.6 Å². The van der Waals surface area contributed by atoms with Crippen LogP contribution in [0.2, 0.25) is 5.02 Å². The van der Waals surface area contributed by atoms with E-state index in [1.54, 1.807) is 7.11 Å². The number of H-pyrrole nitrogens is 1. The van der Waals surface area contributed by atoms with Gasteiger partial charge in [-0.25, -0.2) is 4.68 Å². The molecule has 28 heavy (non-hydrogen) atoms. The standard InChI is InChI=1S/C20H22ClN5OS/c1-27-18-8-6-17(7-9-18)25-12-10-24(11-13-25)14-26-20(28)22-19(23-26)15-2-4-16(21)5-3-15/h2-9H,10-14H2,1H3,(H,22,23,28). The fourth-order valence-electron chi connectivity index (χ4n) is 3.33. The molecule has 0 saturated carbocycles. The topological polar surface area (TPSA) is 49.3 Å². The molecule has 1 N–H and O–H groups in total. The van der Waals surface area contributed by atoms with Crippen molar-refractivity contribution in [2.45, 2.75) is 6.67 Å². The van der Waals surface area contributed by atoms with Crippen LogP contribution in [0.25, 0.3) is 11.4 Å². The molecule has 6 nitrogen and oxygen atoms in total. The lowest BCUT2D eigenvalue weighted by Crippen LogP contribution is -2.46. The molecule has 146 valence electrons. The first kappa shape index (κ1) is 19.0. The van der Waals surface area contributed by atoms with Crippen molar-refractivity contribution in [3.8, 4) is 17.1 Å². The first-order valence-corrected chi connectivity index (χ1v) is 9.95. The molecule has 0 atom stereocenters. The summed E-state index contributed by atoms with van der Waals surface area (Å²) >= 11 is 11.4. The number of piperazine rings is 1. The first-order chi connectivity index (χ1) is 13.6. The van der Waals surface area contributed by atoms with E-state index < -0.39 is 0 Å². The average Bonchev–Trinajstić information content (AvgIpc) is 3.09. The number of rotatable bonds is 5. The quantitative estimate of drug-likeness (QED) is 0.637. The summed E-state index contributed by atoms with van der Waals surface area (Å²) in [4.78, 5) is 9.25. The molecule has 2 aromatic carbocycles. The van der Waals surface area contributed by atoms with E-state index in [0.29, 0.717) is 16.5 Å². The molecule has 1 aromatic heterocycles. The summed E-state index contributed by atoms with van der Waals surface area (Å²) in [5, 5.41) is 4.01. The van der Waals surface area contributed by atoms with Crippen LogP contribution in [0, 0.1) is 4.77 Å². The van der Waals surface area contributed by atoms with Crippen molar-refractivity contribution in [3.63, 3.8) is 0 Å². The molecule has 1 aliphatic heterocycles. The van der Waals surface area contributed by atoms with Gasteiger partial charge in [-0.2, -0.15) is 4.98 Å². The molecule has 1 fully saturated rings. The minimum absolute atomic E-state index is 0.558. The van der Waals surface area contributed by atoms with Crippen LogP contribution in [-0.2, 0) is 6.67 Å². The van der Waals surface area contributed by atoms with Gasteiger partial charge in [0.15, 0.2) is 5.82 Å². The molecule has 0 aliphatic carbocycles. The number of anilines is 1. The Labute approximate surface area is 174 Å². The predicted molar refractivity (Wildman–Crippen MR) is 115 cm³/mol. The van der Waals surface area contributed by atoms with Crippen LogP contribution in [-0.4, -0.2) is 53.0 Å². The largest absolute Gasteiger partial charge is 0.497 e. The van der Waals surface area contributed by atoms with Crippen molar-refractivity contribution in [1.29, 1.82) is 0 Å². The smallest absolute Gasteiger partial charge is 0.217 e. The van der Waals surface area contributed by atoms with E-state index in [1.165, 1.54) is 5.69 Å². The number of nitrogens with zero attached hydrogens (tertiary/aromatic N) is 4. The Bertz CT molecular complexity index is 975. The second-order valence-electron chi connectivity index (χ2n) is 6.73. The van der Waals surface area contributed by atoms with E-state index >= 15 is 0 Å². The maximum absolute atomic E-state index is 5.96.